The summed E-state index contributed by atoms with van der Waals surface area (Å²) in [5, 5.41) is 3.85. The number of aromatic nitrogens is 1. The van der Waals surface area contributed by atoms with Crippen LogP contribution in [0.2, 0.25) is 0 Å². The van der Waals surface area contributed by atoms with Crippen LogP contribution in [0.1, 0.15) is 22.4 Å². The lowest BCUT2D eigenvalue weighted by atomic mass is 10.1. The molecule has 7 heteroatoms. The first-order valence-electron chi connectivity index (χ1n) is 9.85. The van der Waals surface area contributed by atoms with Crippen molar-refractivity contribution in [3.05, 3.63) is 57.9 Å². The number of nitrogens with zero attached hydrogens (tertiary/aromatic N) is 2. The third-order valence-corrected chi connectivity index (χ3v) is 5.91. The van der Waals surface area contributed by atoms with Crippen molar-refractivity contribution in [2.75, 3.05) is 23.4 Å². The summed E-state index contributed by atoms with van der Waals surface area (Å²) >= 11 is 1.63. The van der Waals surface area contributed by atoms with Gasteiger partial charge in [0.1, 0.15) is 12.3 Å². The predicted octanol–water partition coefficient (Wildman–Crippen LogP) is 4.35. The number of hydrogen-bond donors (Lipinski definition) is 1. The van der Waals surface area contributed by atoms with Crippen molar-refractivity contribution in [2.45, 2.75) is 27.2 Å². The second-order valence-corrected chi connectivity index (χ2v) is 8.59. The normalized spacial score (nSPS) is 13.0. The number of hydrogen-bond acceptors (Lipinski definition) is 5. The fraction of sp³-hybridized carbons (Fsp3) is 0.261. The summed E-state index contributed by atoms with van der Waals surface area (Å²) < 4.78 is 5.58. The average Bonchev–Trinajstić information content (AvgIpc) is 3.08. The molecule has 0 saturated carbocycles. The van der Waals surface area contributed by atoms with E-state index in [4.69, 9.17) is 4.74 Å². The molecule has 0 atom stereocenters. The lowest BCUT2D eigenvalue weighted by molar-refractivity contribution is -0.123. The van der Waals surface area contributed by atoms with Crippen LogP contribution >= 0.6 is 11.3 Å². The van der Waals surface area contributed by atoms with E-state index in [1.165, 1.54) is 10.5 Å². The van der Waals surface area contributed by atoms with Crippen molar-refractivity contribution in [2.24, 2.45) is 0 Å². The quantitative estimate of drug-likeness (QED) is 0.665. The third kappa shape index (κ3) is 4.07. The standard InChI is InChI=1S/C23H23N3O3S/c1-4-16-5-8-18(9-6-16)25-21(27)12-26-19-11-17(23-14(2)30-15(3)24-23)7-10-20(19)29-13-22(26)28/h5-11H,4,12-13H2,1-3H3,(H,25,27). The molecule has 154 valence electrons. The van der Waals surface area contributed by atoms with Gasteiger partial charge in [0.15, 0.2) is 6.61 Å². The minimum absolute atomic E-state index is 0.0801. The largest absolute Gasteiger partial charge is 0.482 e. The minimum atomic E-state index is -0.258. The Morgan fingerprint density at radius 1 is 1.20 bits per heavy atom. The number of carbonyl (C=O) groups is 2. The minimum Gasteiger partial charge on any atom is -0.482 e. The molecule has 0 aliphatic carbocycles. The summed E-state index contributed by atoms with van der Waals surface area (Å²) in [5.74, 6) is 0.0805. The van der Waals surface area contributed by atoms with Crippen LogP contribution in [0.3, 0.4) is 0 Å². The summed E-state index contributed by atoms with van der Waals surface area (Å²) in [4.78, 5) is 32.4. The van der Waals surface area contributed by atoms with Crippen LogP contribution in [0.25, 0.3) is 11.3 Å². The Kier molecular flexibility index (Phi) is 5.55. The van der Waals surface area contributed by atoms with E-state index < -0.39 is 0 Å². The lowest BCUT2D eigenvalue weighted by Crippen LogP contribution is -2.43. The van der Waals surface area contributed by atoms with E-state index in [1.54, 1.807) is 11.3 Å². The van der Waals surface area contributed by atoms with Gasteiger partial charge in [-0.05, 0) is 56.2 Å². The van der Waals surface area contributed by atoms with Gasteiger partial charge in [-0.3, -0.25) is 14.5 Å². The molecule has 0 bridgehead atoms. The Labute approximate surface area is 179 Å². The van der Waals surface area contributed by atoms with Crippen molar-refractivity contribution in [3.63, 3.8) is 0 Å². The Balaban J connectivity index is 1.58. The molecule has 0 radical (unpaired) electrons. The second kappa shape index (κ2) is 8.28. The number of nitrogens with one attached hydrogen (secondary N) is 1. The van der Waals surface area contributed by atoms with Crippen molar-refractivity contribution >= 4 is 34.5 Å². The van der Waals surface area contributed by atoms with Gasteiger partial charge in [-0.25, -0.2) is 4.98 Å². The van der Waals surface area contributed by atoms with Gasteiger partial charge in [-0.15, -0.1) is 11.3 Å². The number of benzene rings is 2. The molecule has 4 rings (SSSR count). The van der Waals surface area contributed by atoms with Gasteiger partial charge in [0, 0.05) is 16.1 Å². The SMILES string of the molecule is CCc1ccc(NC(=O)CN2C(=O)COc3ccc(-c4nc(C)sc4C)cc32)cc1. The molecule has 1 N–H and O–H groups in total. The van der Waals surface area contributed by atoms with Crippen LogP contribution in [-0.2, 0) is 16.0 Å². The van der Waals surface area contributed by atoms with E-state index >= 15 is 0 Å². The van der Waals surface area contributed by atoms with Crippen LogP contribution in [-0.4, -0.2) is 29.9 Å². The number of fused-ring (bicyclic) bond motifs is 1. The van der Waals surface area contributed by atoms with Crippen molar-refractivity contribution in [3.8, 4) is 17.0 Å². The fourth-order valence-electron chi connectivity index (χ4n) is 3.49. The highest BCUT2D eigenvalue weighted by Crippen LogP contribution is 2.37. The first kappa shape index (κ1) is 20.1. The molecular formula is C23H23N3O3S. The first-order valence-corrected chi connectivity index (χ1v) is 10.7. The van der Waals surface area contributed by atoms with Crippen LogP contribution in [0.4, 0.5) is 11.4 Å². The fourth-order valence-corrected chi connectivity index (χ4v) is 4.33. The number of thiazole rings is 1. The number of aryl methyl sites for hydroxylation is 3. The average molecular weight is 422 g/mol. The number of rotatable bonds is 5. The molecule has 0 fully saturated rings. The van der Waals surface area contributed by atoms with E-state index in [-0.39, 0.29) is 25.0 Å². The van der Waals surface area contributed by atoms with Gasteiger partial charge in [0.05, 0.1) is 16.4 Å². The highest BCUT2D eigenvalue weighted by molar-refractivity contribution is 7.11. The molecule has 6 nitrogen and oxygen atoms in total. The Morgan fingerprint density at radius 2 is 1.97 bits per heavy atom. The maximum absolute atomic E-state index is 12.6. The molecular weight excluding hydrogens is 398 g/mol. The molecule has 0 spiro atoms. The van der Waals surface area contributed by atoms with E-state index in [9.17, 15) is 9.59 Å². The lowest BCUT2D eigenvalue weighted by Gasteiger charge is -2.29. The zero-order valence-corrected chi connectivity index (χ0v) is 18.0. The zero-order chi connectivity index (χ0) is 21.3. The van der Waals surface area contributed by atoms with Gasteiger partial charge in [0.2, 0.25) is 5.91 Å². The van der Waals surface area contributed by atoms with Gasteiger partial charge < -0.3 is 10.1 Å². The third-order valence-electron chi connectivity index (χ3n) is 5.03. The summed E-state index contributed by atoms with van der Waals surface area (Å²) in [6.45, 7) is 5.91. The van der Waals surface area contributed by atoms with E-state index in [0.717, 1.165) is 27.6 Å². The molecule has 3 aromatic rings. The van der Waals surface area contributed by atoms with E-state index in [0.29, 0.717) is 17.1 Å². The molecule has 30 heavy (non-hydrogen) atoms. The second-order valence-electron chi connectivity index (χ2n) is 7.19. The molecule has 1 aromatic heterocycles. The number of ether oxygens (including phenoxy) is 1. The number of amides is 2. The van der Waals surface area contributed by atoms with Gasteiger partial charge in [0.25, 0.3) is 5.91 Å². The smallest absolute Gasteiger partial charge is 0.265 e. The summed E-state index contributed by atoms with van der Waals surface area (Å²) in [5.41, 5.74) is 4.28. The molecule has 0 unspecified atom stereocenters. The summed E-state index contributed by atoms with van der Waals surface area (Å²) in [7, 11) is 0. The molecule has 1 aliphatic rings. The van der Waals surface area contributed by atoms with E-state index in [2.05, 4.69) is 17.2 Å². The van der Waals surface area contributed by atoms with Crippen molar-refractivity contribution in [1.29, 1.82) is 0 Å². The molecule has 1 aliphatic heterocycles. The van der Waals surface area contributed by atoms with Gasteiger partial charge >= 0.3 is 0 Å². The Hall–Kier alpha value is -3.19. The van der Waals surface area contributed by atoms with Crippen molar-refractivity contribution in [1.82, 2.24) is 4.98 Å². The maximum Gasteiger partial charge on any atom is 0.265 e. The summed E-state index contributed by atoms with van der Waals surface area (Å²) in [6, 6.07) is 13.3. The van der Waals surface area contributed by atoms with Crippen LogP contribution in [0, 0.1) is 13.8 Å². The molecule has 2 heterocycles. The van der Waals surface area contributed by atoms with Crippen LogP contribution in [0.15, 0.2) is 42.5 Å². The maximum atomic E-state index is 12.6. The van der Waals surface area contributed by atoms with Crippen LogP contribution < -0.4 is 15.0 Å². The number of anilines is 2. The van der Waals surface area contributed by atoms with Gasteiger partial charge in [-0.1, -0.05) is 19.1 Å². The topological polar surface area (TPSA) is 71.5 Å². The monoisotopic (exact) mass is 421 g/mol. The van der Waals surface area contributed by atoms with Crippen LogP contribution in [0.5, 0.6) is 5.75 Å². The van der Waals surface area contributed by atoms with Gasteiger partial charge in [-0.2, -0.15) is 0 Å². The molecule has 2 amide bonds. The number of carbonyl (C=O) groups excluding carboxylic acids is 2. The van der Waals surface area contributed by atoms with E-state index in [1.807, 2.05) is 56.3 Å². The molecule has 2 aromatic carbocycles. The Bertz CT molecular complexity index is 1110. The highest BCUT2D eigenvalue weighted by Gasteiger charge is 2.28. The predicted molar refractivity (Wildman–Crippen MR) is 119 cm³/mol. The van der Waals surface area contributed by atoms with Crippen molar-refractivity contribution < 1.29 is 14.3 Å². The zero-order valence-electron chi connectivity index (χ0n) is 17.2. The summed E-state index contributed by atoms with van der Waals surface area (Å²) in [6.07, 6.45) is 0.938. The highest BCUT2D eigenvalue weighted by atomic mass is 32.1. The Morgan fingerprint density at radius 3 is 2.63 bits per heavy atom. The first-order chi connectivity index (χ1) is 14.4. The molecule has 0 saturated heterocycles.